The van der Waals surface area contributed by atoms with Gasteiger partial charge in [-0.2, -0.15) is 5.10 Å². The van der Waals surface area contributed by atoms with E-state index in [9.17, 15) is 0 Å². The van der Waals surface area contributed by atoms with Crippen LogP contribution in [0.15, 0.2) is 24.4 Å². The lowest BCUT2D eigenvalue weighted by atomic mass is 10.2. The number of hydrogen-bond donors (Lipinski definition) is 1. The van der Waals surface area contributed by atoms with Crippen LogP contribution in [0.4, 0.5) is 0 Å². The summed E-state index contributed by atoms with van der Waals surface area (Å²) in [7, 11) is 0. The van der Waals surface area contributed by atoms with Crippen molar-refractivity contribution in [3.05, 3.63) is 41.3 Å². The van der Waals surface area contributed by atoms with Crippen LogP contribution < -0.4 is 5.32 Å². The van der Waals surface area contributed by atoms with Crippen LogP contribution in [0.25, 0.3) is 5.82 Å². The highest BCUT2D eigenvalue weighted by atomic mass is 15.3. The second-order valence-corrected chi connectivity index (χ2v) is 4.98. The van der Waals surface area contributed by atoms with Gasteiger partial charge in [-0.15, -0.1) is 0 Å². The Morgan fingerprint density at radius 1 is 1.39 bits per heavy atom. The Kier molecular flexibility index (Phi) is 2.88. The molecular weight excluding hydrogens is 224 g/mol. The molecule has 0 radical (unpaired) electrons. The Morgan fingerprint density at radius 3 is 2.89 bits per heavy atom. The lowest BCUT2D eigenvalue weighted by molar-refractivity contribution is 0.674. The first-order valence-corrected chi connectivity index (χ1v) is 6.45. The topological polar surface area (TPSA) is 42.7 Å². The second kappa shape index (κ2) is 4.53. The number of hydrogen-bond acceptors (Lipinski definition) is 3. The van der Waals surface area contributed by atoms with Crippen LogP contribution >= 0.6 is 0 Å². The van der Waals surface area contributed by atoms with Crippen molar-refractivity contribution < 1.29 is 0 Å². The molecule has 0 aromatic carbocycles. The van der Waals surface area contributed by atoms with Crippen molar-refractivity contribution in [2.24, 2.45) is 0 Å². The molecule has 4 heteroatoms. The summed E-state index contributed by atoms with van der Waals surface area (Å²) in [6.45, 7) is 4.94. The molecule has 2 aromatic rings. The van der Waals surface area contributed by atoms with Crippen LogP contribution in [-0.2, 0) is 6.54 Å². The highest BCUT2D eigenvalue weighted by Gasteiger charge is 2.21. The molecule has 0 aliphatic heterocycles. The highest BCUT2D eigenvalue weighted by Crippen LogP contribution is 2.20. The maximum Gasteiger partial charge on any atom is 0.158 e. The monoisotopic (exact) mass is 242 g/mol. The summed E-state index contributed by atoms with van der Waals surface area (Å²) in [6.07, 6.45) is 4.43. The fourth-order valence-corrected chi connectivity index (χ4v) is 2.14. The van der Waals surface area contributed by atoms with E-state index in [1.54, 1.807) is 0 Å². The first-order valence-electron chi connectivity index (χ1n) is 6.45. The molecule has 94 valence electrons. The average Bonchev–Trinajstić information content (AvgIpc) is 3.12. The quantitative estimate of drug-likeness (QED) is 0.893. The van der Waals surface area contributed by atoms with Crippen LogP contribution in [0, 0.1) is 13.8 Å². The maximum absolute atomic E-state index is 4.51. The minimum Gasteiger partial charge on any atom is -0.310 e. The Balaban J connectivity index is 1.92. The van der Waals surface area contributed by atoms with Gasteiger partial charge in [-0.1, -0.05) is 6.07 Å². The number of aromatic nitrogens is 3. The van der Waals surface area contributed by atoms with Gasteiger partial charge >= 0.3 is 0 Å². The van der Waals surface area contributed by atoms with Crippen molar-refractivity contribution >= 4 is 0 Å². The summed E-state index contributed by atoms with van der Waals surface area (Å²) in [5.41, 5.74) is 3.36. The Bertz CT molecular complexity index is 555. The summed E-state index contributed by atoms with van der Waals surface area (Å²) < 4.78 is 1.93. The van der Waals surface area contributed by atoms with Gasteiger partial charge in [0.05, 0.1) is 5.69 Å². The third-order valence-corrected chi connectivity index (χ3v) is 3.24. The van der Waals surface area contributed by atoms with Crippen LogP contribution in [-0.4, -0.2) is 20.8 Å². The second-order valence-electron chi connectivity index (χ2n) is 4.98. The summed E-state index contributed by atoms with van der Waals surface area (Å²) in [5, 5.41) is 8.04. The molecule has 1 aliphatic rings. The van der Waals surface area contributed by atoms with E-state index < -0.39 is 0 Å². The van der Waals surface area contributed by atoms with Gasteiger partial charge in [0.1, 0.15) is 0 Å². The van der Waals surface area contributed by atoms with E-state index >= 15 is 0 Å². The molecule has 18 heavy (non-hydrogen) atoms. The Labute approximate surface area is 107 Å². The molecule has 0 atom stereocenters. The minimum atomic E-state index is 0.707. The Morgan fingerprint density at radius 2 is 2.22 bits per heavy atom. The van der Waals surface area contributed by atoms with Gasteiger partial charge in [0.2, 0.25) is 0 Å². The summed E-state index contributed by atoms with van der Waals surface area (Å²) in [5.74, 6) is 0.941. The van der Waals surface area contributed by atoms with Gasteiger partial charge in [0.25, 0.3) is 0 Å². The zero-order valence-electron chi connectivity index (χ0n) is 10.8. The van der Waals surface area contributed by atoms with Gasteiger partial charge in [-0.05, 0) is 38.8 Å². The summed E-state index contributed by atoms with van der Waals surface area (Å²) in [4.78, 5) is 4.48. The Hall–Kier alpha value is -1.68. The minimum absolute atomic E-state index is 0.707. The fourth-order valence-electron chi connectivity index (χ4n) is 2.14. The van der Waals surface area contributed by atoms with E-state index in [1.807, 2.05) is 23.9 Å². The van der Waals surface area contributed by atoms with E-state index in [1.165, 1.54) is 18.4 Å². The van der Waals surface area contributed by atoms with E-state index in [-0.39, 0.29) is 0 Å². The number of pyridine rings is 1. The van der Waals surface area contributed by atoms with Crippen LogP contribution in [0.5, 0.6) is 0 Å². The zero-order valence-corrected chi connectivity index (χ0v) is 10.8. The van der Waals surface area contributed by atoms with Crippen molar-refractivity contribution in [1.29, 1.82) is 0 Å². The molecule has 1 saturated carbocycles. The largest absolute Gasteiger partial charge is 0.310 e. The number of nitrogens with zero attached hydrogens (tertiary/aromatic N) is 3. The molecule has 4 nitrogen and oxygen atoms in total. The zero-order chi connectivity index (χ0) is 12.5. The van der Waals surface area contributed by atoms with E-state index in [2.05, 4.69) is 34.5 Å². The van der Waals surface area contributed by atoms with E-state index in [4.69, 9.17) is 0 Å². The third-order valence-electron chi connectivity index (χ3n) is 3.24. The predicted octanol–water partition coefficient (Wildman–Crippen LogP) is 2.14. The molecule has 2 heterocycles. The molecule has 1 fully saturated rings. The normalized spacial score (nSPS) is 15.0. The lowest BCUT2D eigenvalue weighted by Gasteiger charge is -2.10. The van der Waals surface area contributed by atoms with Gasteiger partial charge < -0.3 is 5.32 Å². The number of rotatable bonds is 4. The van der Waals surface area contributed by atoms with Crippen molar-refractivity contribution in [3.8, 4) is 5.82 Å². The van der Waals surface area contributed by atoms with E-state index in [0.29, 0.717) is 6.04 Å². The molecule has 0 spiro atoms. The van der Waals surface area contributed by atoms with Crippen LogP contribution in [0.2, 0.25) is 0 Å². The highest BCUT2D eigenvalue weighted by molar-refractivity contribution is 5.35. The van der Waals surface area contributed by atoms with Crippen molar-refractivity contribution in [2.45, 2.75) is 39.3 Å². The average molecular weight is 242 g/mol. The maximum atomic E-state index is 4.51. The van der Waals surface area contributed by atoms with Crippen molar-refractivity contribution in [2.75, 3.05) is 0 Å². The molecule has 2 aromatic heterocycles. The number of nitrogens with one attached hydrogen (secondary N) is 1. The molecule has 1 N–H and O–H groups in total. The molecular formula is C14H18N4. The smallest absolute Gasteiger partial charge is 0.158 e. The van der Waals surface area contributed by atoms with Crippen LogP contribution in [0.1, 0.15) is 29.8 Å². The first kappa shape index (κ1) is 11.4. The lowest BCUT2D eigenvalue weighted by Crippen LogP contribution is -2.18. The van der Waals surface area contributed by atoms with Crippen molar-refractivity contribution in [1.82, 2.24) is 20.1 Å². The molecule has 1 aliphatic carbocycles. The van der Waals surface area contributed by atoms with Gasteiger partial charge in [0, 0.05) is 30.0 Å². The molecule has 0 bridgehead atoms. The predicted molar refractivity (Wildman–Crippen MR) is 70.7 cm³/mol. The first-order chi connectivity index (χ1) is 8.74. The van der Waals surface area contributed by atoms with E-state index in [0.717, 1.165) is 23.8 Å². The fraction of sp³-hybridized carbons (Fsp3) is 0.429. The molecule has 0 amide bonds. The standard InChI is InChI=1S/C14H18N4/c1-10-8-11(2)18(17-10)14-12(4-3-7-15-14)9-16-13-5-6-13/h3-4,7-8,13,16H,5-6,9H2,1-2H3. The van der Waals surface area contributed by atoms with Gasteiger partial charge in [0.15, 0.2) is 5.82 Å². The SMILES string of the molecule is Cc1cc(C)n(-c2ncccc2CNC2CC2)n1. The van der Waals surface area contributed by atoms with Gasteiger partial charge in [-0.3, -0.25) is 0 Å². The van der Waals surface area contributed by atoms with Gasteiger partial charge in [-0.25, -0.2) is 9.67 Å². The third kappa shape index (κ3) is 2.29. The summed E-state index contributed by atoms with van der Waals surface area (Å²) >= 11 is 0. The molecule has 0 saturated heterocycles. The molecule has 0 unspecified atom stereocenters. The molecule has 3 rings (SSSR count). The van der Waals surface area contributed by atoms with Crippen LogP contribution in [0.3, 0.4) is 0 Å². The van der Waals surface area contributed by atoms with Crippen molar-refractivity contribution in [3.63, 3.8) is 0 Å². The summed E-state index contributed by atoms with van der Waals surface area (Å²) in [6, 6.07) is 6.89. The number of aryl methyl sites for hydroxylation is 2.